The fourth-order valence-corrected chi connectivity index (χ4v) is 2.39. The first-order chi connectivity index (χ1) is 10.2. The van der Waals surface area contributed by atoms with Gasteiger partial charge in [-0.05, 0) is 6.92 Å². The number of hydrogen-bond acceptors (Lipinski definition) is 5. The first-order valence-electron chi connectivity index (χ1n) is 6.58. The van der Waals surface area contributed by atoms with Crippen LogP contribution in [0.25, 0.3) is 11.3 Å². The molecule has 1 heterocycles. The molecule has 1 aromatic heterocycles. The van der Waals surface area contributed by atoms with E-state index in [1.54, 1.807) is 7.11 Å². The van der Waals surface area contributed by atoms with Gasteiger partial charge in [-0.25, -0.2) is 4.98 Å². The Kier molecular flexibility index (Phi) is 5.86. The first-order valence-corrected chi connectivity index (χ1v) is 7.46. The Labute approximate surface area is 127 Å². The highest BCUT2D eigenvalue weighted by Crippen LogP contribution is 2.24. The number of ether oxygens (including phenoxy) is 2. The van der Waals surface area contributed by atoms with Crippen LogP contribution in [0.2, 0.25) is 0 Å². The predicted molar refractivity (Wildman–Crippen MR) is 83.6 cm³/mol. The van der Waals surface area contributed by atoms with Crippen LogP contribution in [-0.4, -0.2) is 37.8 Å². The van der Waals surface area contributed by atoms with Crippen LogP contribution >= 0.6 is 11.3 Å². The van der Waals surface area contributed by atoms with E-state index in [-0.39, 0.29) is 12.5 Å². The molecule has 112 valence electrons. The zero-order valence-electron chi connectivity index (χ0n) is 12.1. The number of nitrogens with zero attached hydrogens (tertiary/aromatic N) is 1. The van der Waals surface area contributed by atoms with Gasteiger partial charge < -0.3 is 9.47 Å². The van der Waals surface area contributed by atoms with Gasteiger partial charge in [-0.15, -0.1) is 11.3 Å². The number of nitrogens with one attached hydrogen (secondary N) is 1. The summed E-state index contributed by atoms with van der Waals surface area (Å²) in [5, 5.41) is 5.22. The van der Waals surface area contributed by atoms with Crippen molar-refractivity contribution in [2.45, 2.75) is 6.92 Å². The molecule has 0 spiro atoms. The van der Waals surface area contributed by atoms with Gasteiger partial charge in [0.2, 0.25) is 0 Å². The number of aromatic nitrogens is 1. The van der Waals surface area contributed by atoms with Gasteiger partial charge in [0.25, 0.3) is 5.91 Å². The Hall–Kier alpha value is -1.76. The molecular weight excluding hydrogens is 288 g/mol. The summed E-state index contributed by atoms with van der Waals surface area (Å²) in [6, 6.07) is 8.11. The number of aryl methyl sites for hydroxylation is 1. The standard InChI is InChI=1S/C15H18N2O3S/c1-11-3-5-12(6-4-11)13-10-21-15(16-13)17-14(18)9-20-8-7-19-2/h3-6,10H,7-9H2,1-2H3,(H,16,17,18). The summed E-state index contributed by atoms with van der Waals surface area (Å²) in [5.74, 6) is -0.212. The fraction of sp³-hybridized carbons (Fsp3) is 0.333. The summed E-state index contributed by atoms with van der Waals surface area (Å²) >= 11 is 1.40. The molecule has 0 unspecified atom stereocenters. The van der Waals surface area contributed by atoms with Crippen LogP contribution in [0.3, 0.4) is 0 Å². The van der Waals surface area contributed by atoms with Crippen molar-refractivity contribution >= 4 is 22.4 Å². The van der Waals surface area contributed by atoms with E-state index in [0.29, 0.717) is 18.3 Å². The molecule has 0 aliphatic heterocycles. The first kappa shape index (κ1) is 15.6. The summed E-state index contributed by atoms with van der Waals surface area (Å²) in [6.45, 7) is 2.92. The molecule has 5 nitrogen and oxygen atoms in total. The molecule has 0 saturated heterocycles. The highest BCUT2D eigenvalue weighted by molar-refractivity contribution is 7.14. The topological polar surface area (TPSA) is 60.5 Å². The van der Waals surface area contributed by atoms with Crippen molar-refractivity contribution in [3.05, 3.63) is 35.2 Å². The molecule has 1 aromatic carbocycles. The van der Waals surface area contributed by atoms with Crippen molar-refractivity contribution in [1.82, 2.24) is 4.98 Å². The maximum absolute atomic E-state index is 11.7. The maximum atomic E-state index is 11.7. The van der Waals surface area contributed by atoms with Gasteiger partial charge >= 0.3 is 0 Å². The van der Waals surface area contributed by atoms with Gasteiger partial charge in [0.15, 0.2) is 5.13 Å². The molecule has 0 atom stereocenters. The highest BCUT2D eigenvalue weighted by Gasteiger charge is 2.08. The number of methoxy groups -OCH3 is 1. The number of hydrogen-bond donors (Lipinski definition) is 1. The number of carbonyl (C=O) groups is 1. The summed E-state index contributed by atoms with van der Waals surface area (Å²) < 4.78 is 9.99. The number of anilines is 1. The Morgan fingerprint density at radius 3 is 2.76 bits per heavy atom. The third-order valence-electron chi connectivity index (χ3n) is 2.76. The normalized spacial score (nSPS) is 10.6. The van der Waals surface area contributed by atoms with Crippen molar-refractivity contribution < 1.29 is 14.3 Å². The van der Waals surface area contributed by atoms with Crippen molar-refractivity contribution in [1.29, 1.82) is 0 Å². The van der Waals surface area contributed by atoms with Gasteiger partial charge in [-0.2, -0.15) is 0 Å². The van der Waals surface area contributed by atoms with Crippen LogP contribution in [-0.2, 0) is 14.3 Å². The smallest absolute Gasteiger partial charge is 0.252 e. The third-order valence-corrected chi connectivity index (χ3v) is 3.52. The van der Waals surface area contributed by atoms with Crippen molar-refractivity contribution in [2.24, 2.45) is 0 Å². The monoisotopic (exact) mass is 306 g/mol. The SMILES string of the molecule is COCCOCC(=O)Nc1nc(-c2ccc(C)cc2)cs1. The second-order valence-electron chi connectivity index (χ2n) is 4.50. The van der Waals surface area contributed by atoms with Crippen LogP contribution in [0.15, 0.2) is 29.6 Å². The van der Waals surface area contributed by atoms with Gasteiger partial charge in [-0.1, -0.05) is 29.8 Å². The van der Waals surface area contributed by atoms with E-state index in [2.05, 4.69) is 10.3 Å². The zero-order chi connectivity index (χ0) is 15.1. The minimum Gasteiger partial charge on any atom is -0.382 e. The Balaban J connectivity index is 1.88. The lowest BCUT2D eigenvalue weighted by Gasteiger charge is -2.03. The Bertz CT molecular complexity index is 581. The van der Waals surface area contributed by atoms with E-state index in [4.69, 9.17) is 9.47 Å². The summed E-state index contributed by atoms with van der Waals surface area (Å²) in [5.41, 5.74) is 3.10. The molecule has 0 aliphatic carbocycles. The molecule has 0 fully saturated rings. The summed E-state index contributed by atoms with van der Waals surface area (Å²) in [4.78, 5) is 16.1. The quantitative estimate of drug-likeness (QED) is 0.799. The molecule has 0 bridgehead atoms. The van der Waals surface area contributed by atoms with Crippen LogP contribution < -0.4 is 5.32 Å². The van der Waals surface area contributed by atoms with Crippen molar-refractivity contribution in [3.63, 3.8) is 0 Å². The molecule has 1 N–H and O–H groups in total. The molecule has 1 amide bonds. The summed E-state index contributed by atoms with van der Waals surface area (Å²) in [6.07, 6.45) is 0. The van der Waals surface area contributed by atoms with E-state index in [9.17, 15) is 4.79 Å². The number of carbonyl (C=O) groups excluding carboxylic acids is 1. The molecule has 2 rings (SSSR count). The summed E-state index contributed by atoms with van der Waals surface area (Å²) in [7, 11) is 1.59. The van der Waals surface area contributed by atoms with Gasteiger partial charge in [-0.3, -0.25) is 10.1 Å². The van der Waals surface area contributed by atoms with Gasteiger partial charge in [0.05, 0.1) is 18.9 Å². The molecular formula is C15H18N2O3S. The lowest BCUT2D eigenvalue weighted by molar-refractivity contribution is -0.121. The second-order valence-corrected chi connectivity index (χ2v) is 5.36. The minimum absolute atomic E-state index is 0.00278. The van der Waals surface area contributed by atoms with E-state index < -0.39 is 0 Å². The Morgan fingerprint density at radius 2 is 2.05 bits per heavy atom. The third kappa shape index (κ3) is 4.93. The second kappa shape index (κ2) is 7.87. The van der Waals surface area contributed by atoms with E-state index in [0.717, 1.165) is 11.3 Å². The predicted octanol–water partition coefficient (Wildman–Crippen LogP) is 2.72. The van der Waals surface area contributed by atoms with Crippen LogP contribution in [0, 0.1) is 6.92 Å². The molecule has 0 radical (unpaired) electrons. The number of amides is 1. The van der Waals surface area contributed by atoms with Crippen LogP contribution in [0.1, 0.15) is 5.56 Å². The maximum Gasteiger partial charge on any atom is 0.252 e. The lowest BCUT2D eigenvalue weighted by atomic mass is 10.1. The average Bonchev–Trinajstić information content (AvgIpc) is 2.93. The van der Waals surface area contributed by atoms with E-state index >= 15 is 0 Å². The highest BCUT2D eigenvalue weighted by atomic mass is 32.1. The molecule has 2 aromatic rings. The number of benzene rings is 1. The minimum atomic E-state index is -0.212. The Morgan fingerprint density at radius 1 is 1.29 bits per heavy atom. The number of thiazole rings is 1. The van der Waals surface area contributed by atoms with E-state index in [1.165, 1.54) is 16.9 Å². The van der Waals surface area contributed by atoms with Crippen LogP contribution in [0.4, 0.5) is 5.13 Å². The number of rotatable bonds is 7. The van der Waals surface area contributed by atoms with Gasteiger partial charge in [0.1, 0.15) is 6.61 Å². The van der Waals surface area contributed by atoms with Crippen molar-refractivity contribution in [2.75, 3.05) is 32.2 Å². The molecule has 0 aliphatic rings. The fourth-order valence-electron chi connectivity index (χ4n) is 1.65. The van der Waals surface area contributed by atoms with Crippen molar-refractivity contribution in [3.8, 4) is 11.3 Å². The zero-order valence-corrected chi connectivity index (χ0v) is 12.9. The molecule has 6 heteroatoms. The molecule has 21 heavy (non-hydrogen) atoms. The lowest BCUT2D eigenvalue weighted by Crippen LogP contribution is -2.19. The van der Waals surface area contributed by atoms with Crippen LogP contribution in [0.5, 0.6) is 0 Å². The van der Waals surface area contributed by atoms with E-state index in [1.807, 2.05) is 36.6 Å². The average molecular weight is 306 g/mol. The van der Waals surface area contributed by atoms with Gasteiger partial charge in [0, 0.05) is 18.1 Å². The largest absolute Gasteiger partial charge is 0.382 e. The molecule has 0 saturated carbocycles.